The van der Waals surface area contributed by atoms with Gasteiger partial charge in [0.05, 0.1) is 0 Å². The van der Waals surface area contributed by atoms with Crippen molar-refractivity contribution in [3.63, 3.8) is 0 Å². The predicted octanol–water partition coefficient (Wildman–Crippen LogP) is -1.38. The van der Waals surface area contributed by atoms with E-state index in [1.807, 2.05) is 0 Å². The lowest BCUT2D eigenvalue weighted by Gasteiger charge is -1.97. The van der Waals surface area contributed by atoms with Gasteiger partial charge in [0.1, 0.15) is 0 Å². The van der Waals surface area contributed by atoms with Crippen molar-refractivity contribution < 1.29 is 25.2 Å². The Morgan fingerprint density at radius 1 is 1.00 bits per heavy atom. The Balaban J connectivity index is 2.99. The molecule has 4 N–H and O–H groups in total. The maximum Gasteiger partial charge on any atom is 0.205 e. The SMILES string of the molecule is O=C1C(O)C(O)=C(O)C1O. The van der Waals surface area contributed by atoms with Crippen LogP contribution in [-0.4, -0.2) is 38.4 Å². The van der Waals surface area contributed by atoms with Gasteiger partial charge in [0.2, 0.25) is 5.78 Å². The third-order valence-corrected chi connectivity index (χ3v) is 1.32. The Kier molecular flexibility index (Phi) is 1.38. The topological polar surface area (TPSA) is 98.0 Å². The van der Waals surface area contributed by atoms with Crippen molar-refractivity contribution in [3.05, 3.63) is 11.5 Å². The van der Waals surface area contributed by atoms with Gasteiger partial charge in [-0.25, -0.2) is 0 Å². The zero-order chi connectivity index (χ0) is 7.89. The summed E-state index contributed by atoms with van der Waals surface area (Å²) in [5.74, 6) is -2.73. The summed E-state index contributed by atoms with van der Waals surface area (Å²) < 4.78 is 0. The van der Waals surface area contributed by atoms with Crippen molar-refractivity contribution in [2.24, 2.45) is 0 Å². The number of rotatable bonds is 0. The Labute approximate surface area is 55.8 Å². The van der Waals surface area contributed by atoms with Crippen LogP contribution in [0.3, 0.4) is 0 Å². The average molecular weight is 146 g/mol. The van der Waals surface area contributed by atoms with E-state index < -0.39 is 29.5 Å². The van der Waals surface area contributed by atoms with Crippen LogP contribution in [0.2, 0.25) is 0 Å². The largest absolute Gasteiger partial charge is 0.506 e. The third kappa shape index (κ3) is 0.680. The van der Waals surface area contributed by atoms with Gasteiger partial charge < -0.3 is 20.4 Å². The highest BCUT2D eigenvalue weighted by molar-refractivity contribution is 5.94. The summed E-state index contributed by atoms with van der Waals surface area (Å²) in [7, 11) is 0. The van der Waals surface area contributed by atoms with Gasteiger partial charge in [-0.2, -0.15) is 0 Å². The third-order valence-electron chi connectivity index (χ3n) is 1.32. The number of hydrogen-bond acceptors (Lipinski definition) is 5. The van der Waals surface area contributed by atoms with E-state index >= 15 is 0 Å². The van der Waals surface area contributed by atoms with Gasteiger partial charge in [-0.15, -0.1) is 0 Å². The molecule has 10 heavy (non-hydrogen) atoms. The van der Waals surface area contributed by atoms with Crippen molar-refractivity contribution in [1.82, 2.24) is 0 Å². The predicted molar refractivity (Wildman–Crippen MR) is 29.3 cm³/mol. The Morgan fingerprint density at radius 2 is 1.30 bits per heavy atom. The molecule has 2 unspecified atom stereocenters. The molecule has 0 aromatic rings. The molecule has 0 bridgehead atoms. The fraction of sp³-hybridized carbons (Fsp3) is 0.400. The van der Waals surface area contributed by atoms with Gasteiger partial charge in [-0.1, -0.05) is 0 Å². The summed E-state index contributed by atoms with van der Waals surface area (Å²) in [4.78, 5) is 10.5. The van der Waals surface area contributed by atoms with Gasteiger partial charge in [-0.05, 0) is 0 Å². The van der Waals surface area contributed by atoms with Crippen molar-refractivity contribution in [2.45, 2.75) is 12.2 Å². The summed E-state index contributed by atoms with van der Waals surface area (Å²) >= 11 is 0. The van der Waals surface area contributed by atoms with Crippen LogP contribution in [0.1, 0.15) is 0 Å². The molecule has 1 aliphatic carbocycles. The second-order valence-electron chi connectivity index (χ2n) is 1.98. The molecule has 56 valence electrons. The molecule has 0 saturated heterocycles. The van der Waals surface area contributed by atoms with Crippen molar-refractivity contribution in [2.75, 3.05) is 0 Å². The van der Waals surface area contributed by atoms with Crippen LogP contribution >= 0.6 is 0 Å². The number of carbonyl (C=O) groups is 1. The zero-order valence-electron chi connectivity index (χ0n) is 4.85. The quantitative estimate of drug-likeness (QED) is 0.337. The van der Waals surface area contributed by atoms with Crippen LogP contribution in [0.4, 0.5) is 0 Å². The molecule has 1 rings (SSSR count). The van der Waals surface area contributed by atoms with E-state index in [0.29, 0.717) is 0 Å². The van der Waals surface area contributed by atoms with E-state index in [9.17, 15) is 4.79 Å². The molecule has 0 fully saturated rings. The number of Topliss-reactive ketones (excluding diaryl/α,β-unsaturated/α-hetero) is 1. The van der Waals surface area contributed by atoms with E-state index in [1.54, 1.807) is 0 Å². The fourth-order valence-corrected chi connectivity index (χ4v) is 0.699. The van der Waals surface area contributed by atoms with Gasteiger partial charge in [0.15, 0.2) is 23.7 Å². The number of aliphatic hydroxyl groups is 4. The summed E-state index contributed by atoms with van der Waals surface area (Å²) in [6, 6.07) is 0. The molecule has 0 aromatic carbocycles. The molecule has 0 aromatic heterocycles. The molecule has 0 heterocycles. The summed E-state index contributed by atoms with van der Waals surface area (Å²) in [5.41, 5.74) is 0. The first-order valence-corrected chi connectivity index (χ1v) is 2.57. The smallest absolute Gasteiger partial charge is 0.205 e. The Hall–Kier alpha value is -1.07. The molecular formula is C5H6O5. The highest BCUT2D eigenvalue weighted by atomic mass is 16.4. The number of hydrogen-bond donors (Lipinski definition) is 4. The highest BCUT2D eigenvalue weighted by Gasteiger charge is 2.40. The molecule has 0 spiro atoms. The lowest BCUT2D eigenvalue weighted by Crippen LogP contribution is -2.25. The van der Waals surface area contributed by atoms with E-state index in [0.717, 1.165) is 0 Å². The van der Waals surface area contributed by atoms with Crippen LogP contribution in [0.5, 0.6) is 0 Å². The molecule has 0 radical (unpaired) electrons. The second-order valence-corrected chi connectivity index (χ2v) is 1.98. The van der Waals surface area contributed by atoms with Crippen LogP contribution < -0.4 is 0 Å². The van der Waals surface area contributed by atoms with Gasteiger partial charge in [0.25, 0.3) is 0 Å². The first-order chi connectivity index (χ1) is 4.55. The van der Waals surface area contributed by atoms with E-state index in [1.165, 1.54) is 0 Å². The minimum atomic E-state index is -1.77. The Bertz CT molecular complexity index is 186. The molecule has 0 saturated carbocycles. The van der Waals surface area contributed by atoms with Crippen LogP contribution in [0.15, 0.2) is 11.5 Å². The highest BCUT2D eigenvalue weighted by Crippen LogP contribution is 2.19. The molecule has 2 atom stereocenters. The Morgan fingerprint density at radius 3 is 1.40 bits per heavy atom. The average Bonchev–Trinajstić information content (AvgIpc) is 2.07. The maximum atomic E-state index is 10.5. The van der Waals surface area contributed by atoms with Crippen LogP contribution in [-0.2, 0) is 4.79 Å². The fourth-order valence-electron chi connectivity index (χ4n) is 0.699. The van der Waals surface area contributed by atoms with E-state index in [2.05, 4.69) is 0 Å². The van der Waals surface area contributed by atoms with Crippen molar-refractivity contribution in [3.8, 4) is 0 Å². The zero-order valence-corrected chi connectivity index (χ0v) is 4.85. The van der Waals surface area contributed by atoms with Gasteiger partial charge in [-0.3, -0.25) is 4.79 Å². The molecular weight excluding hydrogens is 140 g/mol. The second kappa shape index (κ2) is 1.96. The van der Waals surface area contributed by atoms with E-state index in [4.69, 9.17) is 20.4 Å². The number of carbonyl (C=O) groups excluding carboxylic acids is 1. The first-order valence-electron chi connectivity index (χ1n) is 2.57. The molecule has 1 aliphatic rings. The normalized spacial score (nSPS) is 33.6. The monoisotopic (exact) mass is 146 g/mol. The minimum Gasteiger partial charge on any atom is -0.506 e. The van der Waals surface area contributed by atoms with Crippen molar-refractivity contribution >= 4 is 5.78 Å². The molecule has 0 aliphatic heterocycles. The lowest BCUT2D eigenvalue weighted by atomic mass is 10.2. The molecule has 0 amide bonds. The molecule has 5 nitrogen and oxygen atoms in total. The summed E-state index contributed by atoms with van der Waals surface area (Å²) in [6.45, 7) is 0. The lowest BCUT2D eigenvalue weighted by molar-refractivity contribution is -0.131. The van der Waals surface area contributed by atoms with Gasteiger partial charge >= 0.3 is 0 Å². The molecule has 5 heteroatoms. The van der Waals surface area contributed by atoms with Crippen molar-refractivity contribution in [1.29, 1.82) is 0 Å². The number of aliphatic hydroxyl groups excluding tert-OH is 4. The minimum absolute atomic E-state index is 0.863. The number of ketones is 1. The van der Waals surface area contributed by atoms with Crippen LogP contribution in [0, 0.1) is 0 Å². The maximum absolute atomic E-state index is 10.5. The summed E-state index contributed by atoms with van der Waals surface area (Å²) in [5, 5.41) is 34.5. The van der Waals surface area contributed by atoms with Crippen LogP contribution in [0.25, 0.3) is 0 Å². The standard InChI is InChI=1S/C5H6O5/c6-1-2(7)4(9)5(10)3(1)8/h1,4,6,8-10H. The summed E-state index contributed by atoms with van der Waals surface area (Å²) in [6.07, 6.45) is -3.54. The first kappa shape index (κ1) is 7.04. The van der Waals surface area contributed by atoms with E-state index in [-0.39, 0.29) is 0 Å². The van der Waals surface area contributed by atoms with Gasteiger partial charge in [0, 0.05) is 0 Å².